The highest BCUT2D eigenvalue weighted by molar-refractivity contribution is 5.02. The Bertz CT molecular complexity index is 181. The van der Waals surface area contributed by atoms with E-state index in [1.165, 1.54) is 0 Å². The van der Waals surface area contributed by atoms with Gasteiger partial charge in [0.25, 0.3) is 0 Å². The quantitative estimate of drug-likeness (QED) is 0.580. The van der Waals surface area contributed by atoms with Gasteiger partial charge in [0.15, 0.2) is 0 Å². The lowest BCUT2D eigenvalue weighted by Crippen LogP contribution is -2.10. The van der Waals surface area contributed by atoms with Crippen molar-refractivity contribution < 1.29 is 4.84 Å². The van der Waals surface area contributed by atoms with E-state index in [1.807, 2.05) is 32.2 Å². The highest BCUT2D eigenvalue weighted by Gasteiger charge is 1.90. The summed E-state index contributed by atoms with van der Waals surface area (Å²) in [5.74, 6) is 0. The fraction of sp³-hybridized carbons (Fsp3) is 0.429. The monoisotopic (exact) mass is 125 g/mol. The molecule has 50 valence electrons. The van der Waals surface area contributed by atoms with Crippen LogP contribution in [0.3, 0.4) is 0 Å². The standard InChI is InChI=1S/C7H11NO/c1-3-9-8-6-4-5-7(8)2/h4-6H,3H2,1-2H3. The van der Waals surface area contributed by atoms with E-state index in [9.17, 15) is 0 Å². The molecule has 9 heavy (non-hydrogen) atoms. The Kier molecular flexibility index (Phi) is 1.78. The van der Waals surface area contributed by atoms with Gasteiger partial charge in [-0.05, 0) is 26.0 Å². The molecule has 0 saturated carbocycles. The summed E-state index contributed by atoms with van der Waals surface area (Å²) in [6.45, 7) is 4.70. The van der Waals surface area contributed by atoms with Crippen molar-refractivity contribution in [3.63, 3.8) is 0 Å². The van der Waals surface area contributed by atoms with Crippen LogP contribution < -0.4 is 4.84 Å². The van der Waals surface area contributed by atoms with E-state index in [0.29, 0.717) is 0 Å². The zero-order chi connectivity index (χ0) is 6.69. The van der Waals surface area contributed by atoms with E-state index in [2.05, 4.69) is 0 Å². The van der Waals surface area contributed by atoms with Gasteiger partial charge in [-0.2, -0.15) is 4.73 Å². The molecule has 0 radical (unpaired) electrons. The molecule has 1 aromatic rings. The average Bonchev–Trinajstić information content (AvgIpc) is 2.18. The summed E-state index contributed by atoms with van der Waals surface area (Å²) in [5.41, 5.74) is 1.14. The van der Waals surface area contributed by atoms with E-state index < -0.39 is 0 Å². The number of hydrogen-bond acceptors (Lipinski definition) is 1. The van der Waals surface area contributed by atoms with Gasteiger partial charge in [0.05, 0.1) is 5.69 Å². The minimum atomic E-state index is 0.718. The molecule has 0 spiro atoms. The molecule has 1 aromatic heterocycles. The van der Waals surface area contributed by atoms with E-state index in [4.69, 9.17) is 4.84 Å². The summed E-state index contributed by atoms with van der Waals surface area (Å²) >= 11 is 0. The Hall–Kier alpha value is -0.920. The highest BCUT2D eigenvalue weighted by atomic mass is 16.7. The fourth-order valence-electron chi connectivity index (χ4n) is 0.735. The lowest BCUT2D eigenvalue weighted by atomic mass is 10.5. The summed E-state index contributed by atoms with van der Waals surface area (Å²) in [6, 6.07) is 3.97. The zero-order valence-corrected chi connectivity index (χ0v) is 5.79. The molecule has 0 aliphatic carbocycles. The Morgan fingerprint density at radius 1 is 1.67 bits per heavy atom. The lowest BCUT2D eigenvalue weighted by molar-refractivity contribution is 0.118. The number of rotatable bonds is 2. The van der Waals surface area contributed by atoms with Crippen LogP contribution >= 0.6 is 0 Å². The van der Waals surface area contributed by atoms with Gasteiger partial charge in [-0.3, -0.25) is 0 Å². The van der Waals surface area contributed by atoms with Gasteiger partial charge >= 0.3 is 0 Å². The van der Waals surface area contributed by atoms with Crippen molar-refractivity contribution in [3.8, 4) is 0 Å². The normalized spacial score (nSPS) is 9.56. The van der Waals surface area contributed by atoms with Gasteiger partial charge in [0.1, 0.15) is 6.61 Å². The summed E-state index contributed by atoms with van der Waals surface area (Å²) < 4.78 is 1.76. The predicted octanol–water partition coefficient (Wildman–Crippen LogP) is 1.25. The van der Waals surface area contributed by atoms with Crippen molar-refractivity contribution >= 4 is 0 Å². The van der Waals surface area contributed by atoms with E-state index in [0.717, 1.165) is 12.3 Å². The molecule has 2 heteroatoms. The molecule has 0 aliphatic rings. The highest BCUT2D eigenvalue weighted by Crippen LogP contribution is 1.95. The van der Waals surface area contributed by atoms with Gasteiger partial charge < -0.3 is 4.84 Å². The minimum Gasteiger partial charge on any atom is -0.414 e. The zero-order valence-electron chi connectivity index (χ0n) is 5.79. The van der Waals surface area contributed by atoms with Crippen LogP contribution in [0.1, 0.15) is 12.6 Å². The van der Waals surface area contributed by atoms with Crippen molar-refractivity contribution in [1.29, 1.82) is 0 Å². The molecule has 1 rings (SSSR count). The first-order valence-corrected chi connectivity index (χ1v) is 3.12. The second-order valence-electron chi connectivity index (χ2n) is 1.89. The minimum absolute atomic E-state index is 0.718. The molecule has 1 heterocycles. The molecular formula is C7H11NO. The van der Waals surface area contributed by atoms with Crippen molar-refractivity contribution in [2.24, 2.45) is 0 Å². The van der Waals surface area contributed by atoms with Crippen LogP contribution in [-0.2, 0) is 0 Å². The Morgan fingerprint density at radius 2 is 2.44 bits per heavy atom. The third-order valence-corrected chi connectivity index (χ3v) is 1.17. The van der Waals surface area contributed by atoms with Gasteiger partial charge in [-0.15, -0.1) is 0 Å². The van der Waals surface area contributed by atoms with Crippen LogP contribution in [0, 0.1) is 6.92 Å². The molecule has 0 fully saturated rings. The van der Waals surface area contributed by atoms with Crippen molar-refractivity contribution in [2.75, 3.05) is 6.61 Å². The molecular weight excluding hydrogens is 114 g/mol. The van der Waals surface area contributed by atoms with Crippen LogP contribution in [0.2, 0.25) is 0 Å². The summed E-state index contributed by atoms with van der Waals surface area (Å²) in [6.07, 6.45) is 1.90. The maximum atomic E-state index is 5.19. The van der Waals surface area contributed by atoms with Gasteiger partial charge in [-0.1, -0.05) is 0 Å². The van der Waals surface area contributed by atoms with E-state index in [-0.39, 0.29) is 0 Å². The maximum absolute atomic E-state index is 5.19. The van der Waals surface area contributed by atoms with Crippen LogP contribution in [0.25, 0.3) is 0 Å². The summed E-state index contributed by atoms with van der Waals surface area (Å²) in [5, 5.41) is 0. The molecule has 0 bridgehead atoms. The Balaban J connectivity index is 2.69. The van der Waals surface area contributed by atoms with Crippen molar-refractivity contribution in [3.05, 3.63) is 24.0 Å². The van der Waals surface area contributed by atoms with E-state index in [1.54, 1.807) is 4.73 Å². The lowest BCUT2D eigenvalue weighted by Gasteiger charge is -2.04. The average molecular weight is 125 g/mol. The molecule has 0 aromatic carbocycles. The number of nitrogens with zero attached hydrogens (tertiary/aromatic N) is 1. The van der Waals surface area contributed by atoms with Crippen LogP contribution in [0.5, 0.6) is 0 Å². The summed E-state index contributed by atoms with van der Waals surface area (Å²) in [4.78, 5) is 5.19. The number of aromatic nitrogens is 1. The van der Waals surface area contributed by atoms with Crippen LogP contribution in [0.15, 0.2) is 18.3 Å². The second kappa shape index (κ2) is 2.58. The molecule has 0 amide bonds. The third kappa shape index (κ3) is 1.25. The number of aryl methyl sites for hydroxylation is 1. The van der Waals surface area contributed by atoms with Gasteiger partial charge in [-0.25, -0.2) is 0 Å². The molecule has 0 unspecified atom stereocenters. The fourth-order valence-corrected chi connectivity index (χ4v) is 0.735. The SMILES string of the molecule is CCOn1cccc1C. The predicted molar refractivity (Wildman–Crippen MR) is 36.3 cm³/mol. The smallest absolute Gasteiger partial charge is 0.112 e. The first-order valence-electron chi connectivity index (χ1n) is 3.12. The summed E-state index contributed by atoms with van der Waals surface area (Å²) in [7, 11) is 0. The first-order chi connectivity index (χ1) is 4.34. The molecule has 2 nitrogen and oxygen atoms in total. The molecule has 0 saturated heterocycles. The largest absolute Gasteiger partial charge is 0.414 e. The second-order valence-corrected chi connectivity index (χ2v) is 1.89. The van der Waals surface area contributed by atoms with Crippen LogP contribution in [0.4, 0.5) is 0 Å². The molecule has 0 aliphatic heterocycles. The first kappa shape index (κ1) is 6.20. The molecule has 0 N–H and O–H groups in total. The van der Waals surface area contributed by atoms with Crippen molar-refractivity contribution in [2.45, 2.75) is 13.8 Å². The molecule has 0 atom stereocenters. The number of hydrogen-bond donors (Lipinski definition) is 0. The van der Waals surface area contributed by atoms with E-state index >= 15 is 0 Å². The van der Waals surface area contributed by atoms with Gasteiger partial charge in [0, 0.05) is 6.20 Å². The van der Waals surface area contributed by atoms with Gasteiger partial charge in [0.2, 0.25) is 0 Å². The van der Waals surface area contributed by atoms with Crippen LogP contribution in [-0.4, -0.2) is 11.3 Å². The Morgan fingerprint density at radius 3 is 2.89 bits per heavy atom. The Labute approximate surface area is 55.0 Å². The third-order valence-electron chi connectivity index (χ3n) is 1.17. The topological polar surface area (TPSA) is 14.2 Å². The van der Waals surface area contributed by atoms with Crippen molar-refractivity contribution in [1.82, 2.24) is 4.73 Å². The maximum Gasteiger partial charge on any atom is 0.112 e.